The van der Waals surface area contributed by atoms with Crippen molar-refractivity contribution in [2.24, 2.45) is 4.99 Å². The number of nitrogens with one attached hydrogen (secondary N) is 2. The highest BCUT2D eigenvalue weighted by atomic mass is 32.1. The van der Waals surface area contributed by atoms with Crippen molar-refractivity contribution in [2.75, 3.05) is 26.2 Å². The van der Waals surface area contributed by atoms with E-state index < -0.39 is 0 Å². The van der Waals surface area contributed by atoms with E-state index in [4.69, 9.17) is 0 Å². The quantitative estimate of drug-likeness (QED) is 0.571. The van der Waals surface area contributed by atoms with Gasteiger partial charge in [0.05, 0.1) is 6.54 Å². The second-order valence-electron chi connectivity index (χ2n) is 4.57. The number of thiophene rings is 1. The summed E-state index contributed by atoms with van der Waals surface area (Å²) >= 11 is 1.67. The van der Waals surface area contributed by atoms with Crippen molar-refractivity contribution in [3.8, 4) is 0 Å². The monoisotopic (exact) mass is 310 g/mol. The van der Waals surface area contributed by atoms with Gasteiger partial charge in [-0.2, -0.15) is 11.3 Å². The summed E-state index contributed by atoms with van der Waals surface area (Å²) in [6.07, 6.45) is 0.491. The van der Waals surface area contributed by atoms with Gasteiger partial charge in [-0.1, -0.05) is 0 Å². The lowest BCUT2D eigenvalue weighted by Gasteiger charge is -2.19. The Morgan fingerprint density at radius 3 is 2.62 bits per heavy atom. The normalized spacial score (nSPS) is 11.3. The Balaban J connectivity index is 2.40. The molecule has 6 heteroatoms. The highest BCUT2D eigenvalue weighted by Crippen LogP contribution is 2.06. The van der Waals surface area contributed by atoms with E-state index in [9.17, 15) is 4.79 Å². The molecule has 1 rings (SSSR count). The van der Waals surface area contributed by atoms with Crippen LogP contribution in [0, 0.1) is 0 Å². The summed E-state index contributed by atoms with van der Waals surface area (Å²) in [5, 5.41) is 10.5. The fourth-order valence-corrected chi connectivity index (χ4v) is 2.58. The maximum atomic E-state index is 11.9. The third-order valence-electron chi connectivity index (χ3n) is 3.09. The van der Waals surface area contributed by atoms with E-state index in [-0.39, 0.29) is 5.91 Å². The second kappa shape index (κ2) is 10.2. The summed E-state index contributed by atoms with van der Waals surface area (Å²) in [6.45, 7) is 9.63. The van der Waals surface area contributed by atoms with Gasteiger partial charge in [0, 0.05) is 32.6 Å². The third kappa shape index (κ3) is 6.62. The van der Waals surface area contributed by atoms with Crippen LogP contribution in [-0.4, -0.2) is 42.9 Å². The van der Waals surface area contributed by atoms with Gasteiger partial charge in [0.25, 0.3) is 0 Å². The lowest BCUT2D eigenvalue weighted by atomic mass is 10.3. The van der Waals surface area contributed by atoms with Gasteiger partial charge in [0.1, 0.15) is 0 Å². The lowest BCUT2D eigenvalue weighted by Crippen LogP contribution is -2.40. The first kappa shape index (κ1) is 17.5. The molecule has 1 amide bonds. The molecule has 0 atom stereocenters. The number of amides is 1. The molecule has 2 N–H and O–H groups in total. The molecule has 0 spiro atoms. The summed E-state index contributed by atoms with van der Waals surface area (Å²) in [7, 11) is 0. The van der Waals surface area contributed by atoms with Crippen LogP contribution in [0.15, 0.2) is 21.8 Å². The minimum absolute atomic E-state index is 0.182. The molecule has 0 saturated heterocycles. The van der Waals surface area contributed by atoms with E-state index in [0.29, 0.717) is 19.5 Å². The Morgan fingerprint density at radius 1 is 1.29 bits per heavy atom. The van der Waals surface area contributed by atoms with Crippen molar-refractivity contribution >= 4 is 23.2 Å². The Kier molecular flexibility index (Phi) is 8.50. The van der Waals surface area contributed by atoms with Crippen LogP contribution in [0.5, 0.6) is 0 Å². The van der Waals surface area contributed by atoms with Crippen LogP contribution in [0.1, 0.15) is 32.8 Å². The maximum absolute atomic E-state index is 11.9. The SMILES string of the molecule is CCNC(=NCc1ccsc1)NCCC(=O)N(CC)CC. The average Bonchev–Trinajstić information content (AvgIpc) is 2.99. The topological polar surface area (TPSA) is 56.7 Å². The van der Waals surface area contributed by atoms with Crippen LogP contribution in [-0.2, 0) is 11.3 Å². The zero-order valence-corrected chi connectivity index (χ0v) is 14.0. The van der Waals surface area contributed by atoms with E-state index in [1.807, 2.05) is 31.1 Å². The summed E-state index contributed by atoms with van der Waals surface area (Å²) in [4.78, 5) is 18.3. The van der Waals surface area contributed by atoms with Crippen LogP contribution in [0.2, 0.25) is 0 Å². The Bertz CT molecular complexity index is 427. The number of hydrogen-bond acceptors (Lipinski definition) is 3. The zero-order chi connectivity index (χ0) is 15.5. The zero-order valence-electron chi connectivity index (χ0n) is 13.2. The van der Waals surface area contributed by atoms with Gasteiger partial charge in [-0.25, -0.2) is 4.99 Å². The molecule has 0 saturated carbocycles. The van der Waals surface area contributed by atoms with Gasteiger partial charge in [0.15, 0.2) is 5.96 Å². The highest BCUT2D eigenvalue weighted by Gasteiger charge is 2.09. The van der Waals surface area contributed by atoms with Gasteiger partial charge in [-0.05, 0) is 43.2 Å². The number of guanidine groups is 1. The first-order valence-electron chi connectivity index (χ1n) is 7.52. The molecule has 5 nitrogen and oxygen atoms in total. The Morgan fingerprint density at radius 2 is 2.05 bits per heavy atom. The number of aliphatic imine (C=N–C) groups is 1. The predicted molar refractivity (Wildman–Crippen MR) is 89.7 cm³/mol. The van der Waals surface area contributed by atoms with Gasteiger partial charge in [-0.15, -0.1) is 0 Å². The van der Waals surface area contributed by atoms with Crippen LogP contribution in [0.4, 0.5) is 0 Å². The molecule has 0 aromatic carbocycles. The number of hydrogen-bond donors (Lipinski definition) is 2. The fraction of sp³-hybridized carbons (Fsp3) is 0.600. The van der Waals surface area contributed by atoms with E-state index in [1.54, 1.807) is 11.3 Å². The first-order chi connectivity index (χ1) is 10.2. The van der Waals surface area contributed by atoms with Gasteiger partial charge >= 0.3 is 0 Å². The first-order valence-corrected chi connectivity index (χ1v) is 8.46. The molecule has 0 bridgehead atoms. The molecular formula is C15H26N4OS. The van der Waals surface area contributed by atoms with E-state index in [1.165, 1.54) is 5.56 Å². The summed E-state index contributed by atoms with van der Waals surface area (Å²) in [6, 6.07) is 2.07. The van der Waals surface area contributed by atoms with Crippen LogP contribution in [0.3, 0.4) is 0 Å². The molecular weight excluding hydrogens is 284 g/mol. The minimum atomic E-state index is 0.182. The van der Waals surface area contributed by atoms with Crippen molar-refractivity contribution in [1.82, 2.24) is 15.5 Å². The second-order valence-corrected chi connectivity index (χ2v) is 5.35. The molecule has 0 fully saturated rings. The largest absolute Gasteiger partial charge is 0.357 e. The number of carbonyl (C=O) groups is 1. The van der Waals surface area contributed by atoms with Crippen molar-refractivity contribution in [3.05, 3.63) is 22.4 Å². The molecule has 1 aromatic rings. The fourth-order valence-electron chi connectivity index (χ4n) is 1.92. The predicted octanol–water partition coefficient (Wildman–Crippen LogP) is 2.06. The highest BCUT2D eigenvalue weighted by molar-refractivity contribution is 7.07. The van der Waals surface area contributed by atoms with Gasteiger partial charge in [-0.3, -0.25) is 4.79 Å². The molecule has 1 heterocycles. The van der Waals surface area contributed by atoms with E-state index in [0.717, 1.165) is 25.6 Å². The number of rotatable bonds is 8. The van der Waals surface area contributed by atoms with E-state index in [2.05, 4.69) is 27.1 Å². The Labute approximate surface area is 131 Å². The van der Waals surface area contributed by atoms with Gasteiger partial charge in [0.2, 0.25) is 5.91 Å². The Hall–Kier alpha value is -1.56. The molecule has 0 aliphatic rings. The van der Waals surface area contributed by atoms with Crippen molar-refractivity contribution in [1.29, 1.82) is 0 Å². The van der Waals surface area contributed by atoms with Crippen LogP contribution >= 0.6 is 11.3 Å². The maximum Gasteiger partial charge on any atom is 0.224 e. The molecule has 0 unspecified atom stereocenters. The molecule has 21 heavy (non-hydrogen) atoms. The van der Waals surface area contributed by atoms with Crippen molar-refractivity contribution in [2.45, 2.75) is 33.7 Å². The summed E-state index contributed by atoms with van der Waals surface area (Å²) in [5.41, 5.74) is 1.21. The molecule has 0 radical (unpaired) electrons. The van der Waals surface area contributed by atoms with Crippen LogP contribution < -0.4 is 10.6 Å². The summed E-state index contributed by atoms with van der Waals surface area (Å²) in [5.74, 6) is 0.942. The van der Waals surface area contributed by atoms with Gasteiger partial charge < -0.3 is 15.5 Å². The summed E-state index contributed by atoms with van der Waals surface area (Å²) < 4.78 is 0. The molecule has 118 valence electrons. The van der Waals surface area contributed by atoms with Crippen molar-refractivity contribution < 1.29 is 4.79 Å². The molecule has 0 aliphatic carbocycles. The van der Waals surface area contributed by atoms with Crippen LogP contribution in [0.25, 0.3) is 0 Å². The number of nitrogens with zero attached hydrogens (tertiary/aromatic N) is 2. The lowest BCUT2D eigenvalue weighted by molar-refractivity contribution is -0.130. The standard InChI is InChI=1S/C15H26N4OS/c1-4-16-15(18-11-13-8-10-21-12-13)17-9-7-14(20)19(5-2)6-3/h8,10,12H,4-7,9,11H2,1-3H3,(H2,16,17,18). The number of carbonyl (C=O) groups excluding carboxylic acids is 1. The van der Waals surface area contributed by atoms with E-state index >= 15 is 0 Å². The molecule has 1 aromatic heterocycles. The minimum Gasteiger partial charge on any atom is -0.357 e. The third-order valence-corrected chi connectivity index (χ3v) is 3.82. The smallest absolute Gasteiger partial charge is 0.224 e. The molecule has 0 aliphatic heterocycles. The average molecular weight is 310 g/mol. The van der Waals surface area contributed by atoms with Crippen molar-refractivity contribution in [3.63, 3.8) is 0 Å².